The molecule has 0 spiro atoms. The van der Waals surface area contributed by atoms with Crippen molar-refractivity contribution in [3.63, 3.8) is 0 Å². The van der Waals surface area contributed by atoms with E-state index in [1.807, 2.05) is 72.8 Å². The largest absolute Gasteiger partial charge is 0.449 e. The normalized spacial score (nSPS) is 16.3. The van der Waals surface area contributed by atoms with Crippen molar-refractivity contribution in [2.75, 3.05) is 19.6 Å². The molecule has 1 aliphatic heterocycles. The van der Waals surface area contributed by atoms with Crippen LogP contribution in [-0.4, -0.2) is 41.8 Å². The van der Waals surface area contributed by atoms with E-state index in [0.29, 0.717) is 30.4 Å². The molecule has 3 aromatic carbocycles. The maximum absolute atomic E-state index is 13.2. The number of carbonyl (C=O) groups excluding carboxylic acids is 1. The first kappa shape index (κ1) is 31.8. The molecule has 1 N–H and O–H groups in total. The predicted molar refractivity (Wildman–Crippen MR) is 159 cm³/mol. The van der Waals surface area contributed by atoms with Crippen molar-refractivity contribution in [3.8, 4) is 0 Å². The molecule has 7 heteroatoms. The smallest absolute Gasteiger partial charge is 0.399 e. The molecular weight excluding hydrogens is 539 g/mol. The van der Waals surface area contributed by atoms with Gasteiger partial charge in [-0.05, 0) is 61.9 Å². The highest BCUT2D eigenvalue weighted by Crippen LogP contribution is 2.46. The Kier molecular flexibility index (Phi) is 10.2. The first-order chi connectivity index (χ1) is 19.9. The van der Waals surface area contributed by atoms with Crippen LogP contribution in [-0.2, 0) is 20.5 Å². The molecule has 1 unspecified atom stereocenters. The number of piperidine rings is 1. The molecule has 0 saturated carbocycles. The summed E-state index contributed by atoms with van der Waals surface area (Å²) in [5.74, 6) is -1.48. The molecule has 42 heavy (non-hydrogen) atoms. The van der Waals surface area contributed by atoms with Gasteiger partial charge in [0.15, 0.2) is 5.60 Å². The summed E-state index contributed by atoms with van der Waals surface area (Å²) in [5.41, 5.74) is 2.22. The first-order valence-corrected chi connectivity index (χ1v) is 14.8. The number of alkyl halides is 3. The van der Waals surface area contributed by atoms with Crippen molar-refractivity contribution in [1.82, 2.24) is 4.90 Å². The molecule has 0 aliphatic carbocycles. The van der Waals surface area contributed by atoms with E-state index in [0.717, 1.165) is 31.6 Å². The van der Waals surface area contributed by atoms with Gasteiger partial charge in [-0.3, -0.25) is 4.79 Å². The van der Waals surface area contributed by atoms with Crippen LogP contribution < -0.4 is 0 Å². The van der Waals surface area contributed by atoms with Crippen LogP contribution in [0.15, 0.2) is 84.9 Å². The van der Waals surface area contributed by atoms with Crippen molar-refractivity contribution < 1.29 is 27.8 Å². The molecule has 0 radical (unpaired) electrons. The van der Waals surface area contributed by atoms with Crippen molar-refractivity contribution >= 4 is 5.97 Å². The second-order valence-corrected chi connectivity index (χ2v) is 12.4. The Morgan fingerprint density at radius 2 is 1.38 bits per heavy atom. The summed E-state index contributed by atoms with van der Waals surface area (Å²) < 4.78 is 45.5. The Bertz CT molecular complexity index is 1220. The van der Waals surface area contributed by atoms with Gasteiger partial charge < -0.3 is 14.7 Å². The number of halogens is 3. The van der Waals surface area contributed by atoms with Gasteiger partial charge in [-0.15, -0.1) is 0 Å². The highest BCUT2D eigenvalue weighted by atomic mass is 19.4. The predicted octanol–water partition coefficient (Wildman–Crippen LogP) is 7.95. The van der Waals surface area contributed by atoms with Crippen molar-refractivity contribution in [1.29, 1.82) is 0 Å². The van der Waals surface area contributed by atoms with Crippen molar-refractivity contribution in [2.45, 2.75) is 76.2 Å². The van der Waals surface area contributed by atoms with Crippen LogP contribution in [0.1, 0.15) is 81.2 Å². The molecule has 0 aromatic heterocycles. The number of esters is 1. The summed E-state index contributed by atoms with van der Waals surface area (Å²) in [6, 6.07) is 26.4. The highest BCUT2D eigenvalue weighted by molar-refractivity contribution is 5.71. The molecule has 1 atom stereocenters. The van der Waals surface area contributed by atoms with Gasteiger partial charge in [0.25, 0.3) is 0 Å². The zero-order chi connectivity index (χ0) is 30.4. The van der Waals surface area contributed by atoms with Gasteiger partial charge in [-0.25, -0.2) is 0 Å². The molecule has 1 heterocycles. The van der Waals surface area contributed by atoms with Gasteiger partial charge in [-0.2, -0.15) is 13.2 Å². The maximum Gasteiger partial charge on any atom is 0.399 e. The lowest BCUT2D eigenvalue weighted by Gasteiger charge is -2.45. The third-order valence-corrected chi connectivity index (χ3v) is 8.30. The number of likely N-dealkylation sites (tertiary alicyclic amines) is 1. The number of ether oxygens (including phenoxy) is 1. The zero-order valence-electron chi connectivity index (χ0n) is 24.7. The Morgan fingerprint density at radius 1 is 0.857 bits per heavy atom. The maximum atomic E-state index is 13.2. The number of carbonyl (C=O) groups is 1. The molecule has 1 saturated heterocycles. The Labute approximate surface area is 247 Å². The SMILES string of the molecule is CC(C)(C)c1ccc(C(O)CCCN2CCC(C(OC(=O)CC(F)(F)F)(c3ccccc3)c3ccccc3)CC2)cc1. The molecule has 0 bridgehead atoms. The molecular formula is C35H42F3NO3. The topological polar surface area (TPSA) is 49.8 Å². The monoisotopic (exact) mass is 581 g/mol. The van der Waals surface area contributed by atoms with Gasteiger partial charge in [-0.1, -0.05) is 106 Å². The number of aliphatic hydroxyl groups is 1. The third kappa shape index (κ3) is 8.01. The summed E-state index contributed by atoms with van der Waals surface area (Å²) in [5, 5.41) is 10.8. The lowest BCUT2D eigenvalue weighted by atomic mass is 9.71. The molecule has 226 valence electrons. The Morgan fingerprint density at radius 3 is 1.86 bits per heavy atom. The number of nitrogens with zero attached hydrogens (tertiary/aromatic N) is 1. The lowest BCUT2D eigenvalue weighted by Crippen LogP contribution is -2.47. The van der Waals surface area contributed by atoms with Gasteiger partial charge in [0, 0.05) is 17.0 Å². The van der Waals surface area contributed by atoms with Gasteiger partial charge in [0.2, 0.25) is 0 Å². The minimum atomic E-state index is -4.65. The summed E-state index contributed by atoms with van der Waals surface area (Å²) in [6.07, 6.45) is -4.06. The molecule has 4 rings (SSSR count). The van der Waals surface area contributed by atoms with E-state index < -0.39 is 30.3 Å². The van der Waals surface area contributed by atoms with Crippen LogP contribution in [0.4, 0.5) is 13.2 Å². The van der Waals surface area contributed by atoms with Crippen LogP contribution in [0.3, 0.4) is 0 Å². The zero-order valence-corrected chi connectivity index (χ0v) is 24.7. The minimum Gasteiger partial charge on any atom is -0.449 e. The number of rotatable bonds is 10. The Hall–Kier alpha value is -3.16. The van der Waals surface area contributed by atoms with Crippen molar-refractivity contribution in [2.24, 2.45) is 5.92 Å². The van der Waals surface area contributed by atoms with Crippen LogP contribution >= 0.6 is 0 Å². The average molecular weight is 582 g/mol. The summed E-state index contributed by atoms with van der Waals surface area (Å²) in [6.45, 7) is 8.74. The fraction of sp³-hybridized carbons (Fsp3) is 0.457. The fourth-order valence-corrected chi connectivity index (χ4v) is 6.03. The van der Waals surface area contributed by atoms with E-state index in [9.17, 15) is 23.1 Å². The molecule has 4 nitrogen and oxygen atoms in total. The lowest BCUT2D eigenvalue weighted by molar-refractivity contribution is -0.186. The average Bonchev–Trinajstić information content (AvgIpc) is 2.96. The van der Waals surface area contributed by atoms with E-state index in [-0.39, 0.29) is 11.3 Å². The highest BCUT2D eigenvalue weighted by Gasteiger charge is 2.48. The number of benzene rings is 3. The summed E-state index contributed by atoms with van der Waals surface area (Å²) in [4.78, 5) is 15.1. The van der Waals surface area contributed by atoms with Crippen LogP contribution in [0.2, 0.25) is 0 Å². The number of hydrogen-bond acceptors (Lipinski definition) is 4. The standard InChI is InChI=1S/C35H42F3NO3/c1-33(2,3)27-18-16-26(17-19-27)31(40)15-10-22-39-23-20-30(21-24-39)35(28-11-6-4-7-12-28,29-13-8-5-9-14-29)42-32(41)25-34(36,37)38/h4-9,11-14,16-19,30-31,40H,10,15,20-25H2,1-3H3. The van der Waals surface area contributed by atoms with Crippen LogP contribution in [0.25, 0.3) is 0 Å². The van der Waals surface area contributed by atoms with Crippen LogP contribution in [0.5, 0.6) is 0 Å². The first-order valence-electron chi connectivity index (χ1n) is 14.8. The van der Waals surface area contributed by atoms with E-state index in [2.05, 4.69) is 37.8 Å². The second-order valence-electron chi connectivity index (χ2n) is 12.4. The molecule has 0 amide bonds. The van der Waals surface area contributed by atoms with E-state index in [1.54, 1.807) is 0 Å². The third-order valence-electron chi connectivity index (χ3n) is 8.30. The minimum absolute atomic E-state index is 0.0604. The fourth-order valence-electron chi connectivity index (χ4n) is 6.03. The number of hydrogen-bond donors (Lipinski definition) is 1. The van der Waals surface area contributed by atoms with E-state index >= 15 is 0 Å². The molecule has 3 aromatic rings. The quantitative estimate of drug-likeness (QED) is 0.247. The van der Waals surface area contributed by atoms with Gasteiger partial charge in [0.05, 0.1) is 6.10 Å². The Balaban J connectivity index is 1.45. The second kappa shape index (κ2) is 13.4. The number of aliphatic hydroxyl groups excluding tert-OH is 1. The van der Waals surface area contributed by atoms with E-state index in [4.69, 9.17) is 4.74 Å². The summed E-state index contributed by atoms with van der Waals surface area (Å²) >= 11 is 0. The van der Waals surface area contributed by atoms with Crippen LogP contribution in [0, 0.1) is 5.92 Å². The van der Waals surface area contributed by atoms with Gasteiger partial charge in [0.1, 0.15) is 6.42 Å². The van der Waals surface area contributed by atoms with Crippen molar-refractivity contribution in [3.05, 3.63) is 107 Å². The van der Waals surface area contributed by atoms with E-state index in [1.165, 1.54) is 5.56 Å². The van der Waals surface area contributed by atoms with Gasteiger partial charge >= 0.3 is 12.1 Å². The molecule has 1 fully saturated rings. The summed E-state index contributed by atoms with van der Waals surface area (Å²) in [7, 11) is 0. The molecule has 1 aliphatic rings.